The lowest BCUT2D eigenvalue weighted by Gasteiger charge is -2.27. The Morgan fingerprint density at radius 2 is 1.64 bits per heavy atom. The van der Waals surface area contributed by atoms with E-state index in [4.69, 9.17) is 5.73 Å². The molecule has 0 saturated carbocycles. The van der Waals surface area contributed by atoms with E-state index in [9.17, 15) is 18.0 Å². The van der Waals surface area contributed by atoms with Crippen LogP contribution < -0.4 is 15.8 Å². The van der Waals surface area contributed by atoms with E-state index in [2.05, 4.69) is 27.1 Å². The van der Waals surface area contributed by atoms with Crippen molar-refractivity contribution in [3.63, 3.8) is 0 Å². The summed E-state index contributed by atoms with van der Waals surface area (Å²) in [5.41, 5.74) is 8.66. The highest BCUT2D eigenvalue weighted by Crippen LogP contribution is 2.37. The highest BCUT2D eigenvalue weighted by Gasteiger charge is 2.28. The fourth-order valence-corrected chi connectivity index (χ4v) is 6.86. The smallest absolute Gasteiger partial charge is 0.261 e. The van der Waals surface area contributed by atoms with Gasteiger partial charge in [-0.15, -0.1) is 23.7 Å². The average Bonchev–Trinajstić information content (AvgIpc) is 3.27. The Bertz CT molecular complexity index is 1590. The molecule has 2 heterocycles. The summed E-state index contributed by atoms with van der Waals surface area (Å²) in [7, 11) is -3.81. The Hall–Kier alpha value is -3.70. The van der Waals surface area contributed by atoms with Crippen LogP contribution in [0.2, 0.25) is 0 Å². The fourth-order valence-electron chi connectivity index (χ4n) is 4.49. The molecule has 0 spiro atoms. The first-order valence-corrected chi connectivity index (χ1v) is 14.3. The Balaban J connectivity index is 0.00000353. The van der Waals surface area contributed by atoms with Gasteiger partial charge in [-0.3, -0.25) is 19.2 Å². The Labute approximate surface area is 237 Å². The zero-order chi connectivity index (χ0) is 26.7. The van der Waals surface area contributed by atoms with Gasteiger partial charge in [-0.2, -0.15) is 0 Å². The number of thiophene rings is 1. The molecule has 0 aliphatic carbocycles. The molecule has 8 nitrogen and oxygen atoms in total. The van der Waals surface area contributed by atoms with E-state index < -0.39 is 21.8 Å². The predicted molar refractivity (Wildman–Crippen MR) is 156 cm³/mol. The molecule has 0 atom stereocenters. The standard InChI is InChI=1S/C28H26N4O4S2.ClH/c29-26(33)25-23-14-15-32(17-19-8-3-1-4-9-19)18-24(23)37-28(25)30-27(34)20-10-7-11-21(16-20)31-38(35,36)22-12-5-2-6-13-22;/h1-13,16,31H,14-15,17-18H2,(H2,29,33)(H,30,34);1H. The molecule has 11 heteroatoms. The van der Waals surface area contributed by atoms with Gasteiger partial charge < -0.3 is 11.1 Å². The van der Waals surface area contributed by atoms with E-state index >= 15 is 0 Å². The average molecular weight is 583 g/mol. The monoisotopic (exact) mass is 582 g/mol. The lowest BCUT2D eigenvalue weighted by atomic mass is 10.0. The van der Waals surface area contributed by atoms with Crippen LogP contribution in [0, 0.1) is 0 Å². The molecule has 0 unspecified atom stereocenters. The van der Waals surface area contributed by atoms with Crippen molar-refractivity contribution in [2.75, 3.05) is 16.6 Å². The van der Waals surface area contributed by atoms with E-state index in [1.807, 2.05) is 18.2 Å². The van der Waals surface area contributed by atoms with E-state index in [0.29, 0.717) is 23.5 Å². The van der Waals surface area contributed by atoms with Gasteiger partial charge in [0.1, 0.15) is 5.00 Å². The van der Waals surface area contributed by atoms with Crippen molar-refractivity contribution in [1.29, 1.82) is 0 Å². The van der Waals surface area contributed by atoms with Crippen molar-refractivity contribution >= 4 is 56.3 Å². The molecule has 5 rings (SSSR count). The molecule has 2 amide bonds. The van der Waals surface area contributed by atoms with Crippen LogP contribution >= 0.6 is 23.7 Å². The molecule has 0 fully saturated rings. The Morgan fingerprint density at radius 1 is 0.949 bits per heavy atom. The van der Waals surface area contributed by atoms with Gasteiger partial charge in [0.25, 0.3) is 21.8 Å². The lowest BCUT2D eigenvalue weighted by Crippen LogP contribution is -2.30. The maximum Gasteiger partial charge on any atom is 0.261 e. The number of benzene rings is 3. The number of sulfonamides is 1. The number of rotatable bonds is 8. The number of halogens is 1. The molecule has 1 aliphatic heterocycles. The number of hydrogen-bond donors (Lipinski definition) is 3. The van der Waals surface area contributed by atoms with Crippen molar-refractivity contribution in [2.24, 2.45) is 5.73 Å². The largest absolute Gasteiger partial charge is 0.365 e. The molecule has 4 aromatic rings. The third-order valence-electron chi connectivity index (χ3n) is 6.29. The molecular weight excluding hydrogens is 556 g/mol. The first-order valence-electron chi connectivity index (χ1n) is 12.0. The number of hydrogen-bond acceptors (Lipinski definition) is 6. The Kier molecular flexibility index (Phi) is 8.71. The van der Waals surface area contributed by atoms with Gasteiger partial charge in [0.15, 0.2) is 0 Å². The number of carbonyl (C=O) groups excluding carboxylic acids is 2. The van der Waals surface area contributed by atoms with Gasteiger partial charge in [0.05, 0.1) is 10.5 Å². The second-order valence-electron chi connectivity index (χ2n) is 8.97. The third kappa shape index (κ3) is 6.48. The van der Waals surface area contributed by atoms with Crippen molar-refractivity contribution < 1.29 is 18.0 Å². The zero-order valence-electron chi connectivity index (χ0n) is 20.8. The maximum absolute atomic E-state index is 13.2. The Morgan fingerprint density at radius 3 is 2.33 bits per heavy atom. The van der Waals surface area contributed by atoms with E-state index in [0.717, 1.165) is 23.5 Å². The minimum absolute atomic E-state index is 0. The van der Waals surface area contributed by atoms with Crippen LogP contribution in [0.5, 0.6) is 0 Å². The predicted octanol–water partition coefficient (Wildman–Crippen LogP) is 4.88. The van der Waals surface area contributed by atoms with Gasteiger partial charge in [-0.25, -0.2) is 8.42 Å². The van der Waals surface area contributed by atoms with Crippen molar-refractivity contribution in [3.8, 4) is 0 Å². The summed E-state index contributed by atoms with van der Waals surface area (Å²) in [6.45, 7) is 2.22. The van der Waals surface area contributed by atoms with Crippen LogP contribution in [0.1, 0.15) is 36.7 Å². The summed E-state index contributed by atoms with van der Waals surface area (Å²) in [5.74, 6) is -1.05. The van der Waals surface area contributed by atoms with Gasteiger partial charge in [-0.1, -0.05) is 54.6 Å². The molecule has 39 heavy (non-hydrogen) atoms. The molecule has 3 aromatic carbocycles. The van der Waals surface area contributed by atoms with Crippen molar-refractivity contribution in [1.82, 2.24) is 4.90 Å². The summed E-state index contributed by atoms with van der Waals surface area (Å²) in [5, 5.41) is 3.24. The summed E-state index contributed by atoms with van der Waals surface area (Å²) in [6.07, 6.45) is 0.656. The minimum atomic E-state index is -3.81. The number of carbonyl (C=O) groups is 2. The topological polar surface area (TPSA) is 122 Å². The SMILES string of the molecule is Cl.NC(=O)c1c(NC(=O)c2cccc(NS(=O)(=O)c3ccccc3)c2)sc2c1CCN(Cc1ccccc1)C2. The summed E-state index contributed by atoms with van der Waals surface area (Å²) >= 11 is 1.35. The second kappa shape index (κ2) is 12.0. The zero-order valence-corrected chi connectivity index (χ0v) is 23.2. The molecule has 0 radical (unpaired) electrons. The van der Waals surface area contributed by atoms with Crippen LogP contribution in [-0.2, 0) is 29.5 Å². The van der Waals surface area contributed by atoms with Crippen LogP contribution in [0.4, 0.5) is 10.7 Å². The first kappa shape index (κ1) is 28.3. The highest BCUT2D eigenvalue weighted by molar-refractivity contribution is 7.92. The van der Waals surface area contributed by atoms with E-state index in [1.54, 1.807) is 36.4 Å². The van der Waals surface area contributed by atoms with Crippen LogP contribution in [0.25, 0.3) is 0 Å². The molecule has 4 N–H and O–H groups in total. The van der Waals surface area contributed by atoms with Crippen molar-refractivity contribution in [3.05, 3.63) is 112 Å². The number of nitrogens with one attached hydrogen (secondary N) is 2. The number of anilines is 2. The van der Waals surface area contributed by atoms with Crippen LogP contribution in [-0.4, -0.2) is 31.7 Å². The summed E-state index contributed by atoms with van der Waals surface area (Å²) in [4.78, 5) is 28.9. The number of fused-ring (bicyclic) bond motifs is 1. The van der Waals surface area contributed by atoms with Crippen LogP contribution in [0.15, 0.2) is 89.8 Å². The number of amides is 2. The minimum Gasteiger partial charge on any atom is -0.365 e. The molecule has 1 aromatic heterocycles. The van der Waals surface area contributed by atoms with E-state index in [-0.39, 0.29) is 28.6 Å². The summed E-state index contributed by atoms with van der Waals surface area (Å²) < 4.78 is 27.9. The fraction of sp³-hybridized carbons (Fsp3) is 0.143. The van der Waals surface area contributed by atoms with Gasteiger partial charge in [0.2, 0.25) is 0 Å². The second-order valence-corrected chi connectivity index (χ2v) is 11.8. The van der Waals surface area contributed by atoms with Gasteiger partial charge in [0, 0.05) is 35.8 Å². The quantitative estimate of drug-likeness (QED) is 0.273. The molecule has 202 valence electrons. The molecule has 1 aliphatic rings. The number of nitrogens with two attached hydrogens (primary N) is 1. The van der Waals surface area contributed by atoms with Gasteiger partial charge in [-0.05, 0) is 47.9 Å². The third-order valence-corrected chi connectivity index (χ3v) is 8.82. The number of primary amides is 1. The summed E-state index contributed by atoms with van der Waals surface area (Å²) in [6, 6.07) is 24.3. The van der Waals surface area contributed by atoms with E-state index in [1.165, 1.54) is 35.1 Å². The normalized spacial score (nSPS) is 13.1. The van der Waals surface area contributed by atoms with Crippen molar-refractivity contribution in [2.45, 2.75) is 24.4 Å². The lowest BCUT2D eigenvalue weighted by molar-refractivity contribution is 0.0999. The molecular formula is C28H27ClN4O4S2. The van der Waals surface area contributed by atoms with Crippen LogP contribution in [0.3, 0.4) is 0 Å². The molecule has 0 bridgehead atoms. The molecule has 0 saturated heterocycles. The first-order chi connectivity index (χ1) is 18.3. The highest BCUT2D eigenvalue weighted by atomic mass is 35.5. The number of nitrogens with zero attached hydrogens (tertiary/aromatic N) is 1. The van der Waals surface area contributed by atoms with Gasteiger partial charge >= 0.3 is 0 Å². The maximum atomic E-state index is 13.2.